The number of nitrogens with one attached hydrogen (secondary N) is 2. The van der Waals surface area contributed by atoms with Gasteiger partial charge in [-0.3, -0.25) is 48.7 Å². The van der Waals surface area contributed by atoms with Crippen molar-refractivity contribution in [3.63, 3.8) is 0 Å². The van der Waals surface area contributed by atoms with Gasteiger partial charge in [0, 0.05) is 6.54 Å². The Bertz CT molecular complexity index is 1470. The molecule has 48 heavy (non-hydrogen) atoms. The molecule has 2 aliphatic heterocycles. The van der Waals surface area contributed by atoms with Gasteiger partial charge in [0.15, 0.2) is 11.3 Å². The minimum absolute atomic E-state index is 0.00544. The number of urea groups is 1. The predicted octanol–water partition coefficient (Wildman–Crippen LogP) is -0.0896. The lowest BCUT2D eigenvalue weighted by Crippen LogP contribution is -2.67. The molecule has 5 N–H and O–H groups in total. The molecule has 0 saturated carbocycles. The Morgan fingerprint density at radius 3 is 2.19 bits per heavy atom. The summed E-state index contributed by atoms with van der Waals surface area (Å²) in [5, 5.41) is 13.1. The Morgan fingerprint density at radius 1 is 1.00 bits per heavy atom. The van der Waals surface area contributed by atoms with Crippen LogP contribution in [0.1, 0.15) is 46.1 Å². The van der Waals surface area contributed by atoms with E-state index in [4.69, 9.17) is 10.8 Å². The fraction of sp³-hybridized carbons (Fsp3) is 0.548. The van der Waals surface area contributed by atoms with Gasteiger partial charge in [-0.2, -0.15) is 8.78 Å². The summed E-state index contributed by atoms with van der Waals surface area (Å²) in [7, 11) is 0. The van der Waals surface area contributed by atoms with Crippen LogP contribution in [0.2, 0.25) is 0 Å². The van der Waals surface area contributed by atoms with Crippen LogP contribution >= 0.6 is 0 Å². The minimum Gasteiger partial charge on any atom is -0.480 e. The first-order chi connectivity index (χ1) is 22.3. The van der Waals surface area contributed by atoms with Gasteiger partial charge in [-0.05, 0) is 36.8 Å². The quantitative estimate of drug-likeness (QED) is 0.142. The molecular formula is C31H40F2N6O9. The Morgan fingerprint density at radius 2 is 1.62 bits per heavy atom. The number of benzene rings is 1. The van der Waals surface area contributed by atoms with Crippen molar-refractivity contribution in [1.29, 1.82) is 0 Å². The summed E-state index contributed by atoms with van der Waals surface area (Å²) in [5.74, 6) is -15.5. The zero-order chi connectivity index (χ0) is 36.1. The number of carbonyl (C=O) groups is 8. The van der Waals surface area contributed by atoms with E-state index in [-0.39, 0.29) is 25.9 Å². The van der Waals surface area contributed by atoms with Crippen molar-refractivity contribution in [2.24, 2.45) is 17.6 Å². The molecule has 3 atom stereocenters. The molecule has 6 amide bonds. The first-order valence-electron chi connectivity index (χ1n) is 15.3. The highest BCUT2D eigenvalue weighted by atomic mass is 19.3. The van der Waals surface area contributed by atoms with Crippen LogP contribution in [0.25, 0.3) is 0 Å². The Hall–Kier alpha value is -4.64. The van der Waals surface area contributed by atoms with Gasteiger partial charge in [0.25, 0.3) is 17.7 Å². The third-order valence-electron chi connectivity index (χ3n) is 8.49. The van der Waals surface area contributed by atoms with Crippen molar-refractivity contribution < 1.29 is 52.2 Å². The molecule has 0 radical (unpaired) electrons. The highest BCUT2D eigenvalue weighted by molar-refractivity contribution is 6.18. The third-order valence-corrected chi connectivity index (χ3v) is 8.49. The topological polar surface area (TPSA) is 217 Å². The molecule has 0 unspecified atom stereocenters. The van der Waals surface area contributed by atoms with Crippen molar-refractivity contribution in [1.82, 2.24) is 25.3 Å². The summed E-state index contributed by atoms with van der Waals surface area (Å²) in [6.07, 6.45) is 0.322. The molecule has 262 valence electrons. The van der Waals surface area contributed by atoms with Gasteiger partial charge in [0.05, 0.1) is 18.6 Å². The maximum absolute atomic E-state index is 15.3. The lowest BCUT2D eigenvalue weighted by atomic mass is 9.82. The number of rotatable bonds is 15. The highest BCUT2D eigenvalue weighted by Gasteiger charge is 2.55. The summed E-state index contributed by atoms with van der Waals surface area (Å²) in [4.78, 5) is 104. The number of imide groups is 2. The highest BCUT2D eigenvalue weighted by Crippen LogP contribution is 2.30. The van der Waals surface area contributed by atoms with Gasteiger partial charge in [0.1, 0.15) is 13.1 Å². The second-order valence-corrected chi connectivity index (χ2v) is 12.5. The zero-order valence-electron chi connectivity index (χ0n) is 27.0. The number of halogens is 2. The molecule has 2 aliphatic rings. The molecule has 3 rings (SSSR count). The maximum atomic E-state index is 15.3. The van der Waals surface area contributed by atoms with Crippen molar-refractivity contribution in [2.45, 2.75) is 70.6 Å². The van der Waals surface area contributed by atoms with Gasteiger partial charge in [-0.1, -0.05) is 58.0 Å². The first-order valence-corrected chi connectivity index (χ1v) is 15.3. The lowest BCUT2D eigenvalue weighted by molar-refractivity contribution is -0.163. The zero-order valence-corrected chi connectivity index (χ0v) is 27.0. The lowest BCUT2D eigenvalue weighted by Gasteiger charge is -2.36. The van der Waals surface area contributed by atoms with Crippen LogP contribution in [-0.4, -0.2) is 117 Å². The minimum atomic E-state index is -4.45. The van der Waals surface area contributed by atoms with E-state index in [2.05, 4.69) is 5.32 Å². The van der Waals surface area contributed by atoms with Crippen molar-refractivity contribution in [3.8, 4) is 0 Å². The van der Waals surface area contributed by atoms with Gasteiger partial charge in [0.2, 0.25) is 11.7 Å². The number of nitrogens with zero attached hydrogens (tertiary/aromatic N) is 3. The van der Waals surface area contributed by atoms with Crippen molar-refractivity contribution >= 4 is 47.2 Å². The molecule has 0 spiro atoms. The molecule has 1 aromatic rings. The summed E-state index contributed by atoms with van der Waals surface area (Å²) in [6, 6.07) is 4.26. The van der Waals surface area contributed by atoms with E-state index in [9.17, 15) is 38.4 Å². The van der Waals surface area contributed by atoms with Crippen LogP contribution in [0.3, 0.4) is 0 Å². The number of ketones is 2. The van der Waals surface area contributed by atoms with E-state index in [0.29, 0.717) is 15.4 Å². The molecular weight excluding hydrogens is 638 g/mol. The SMILES string of the molecule is CC(C)[C@@H](C(=O)C(F)(F)C(=O)NCc1ccccc1)N1CCC[C@H]1C(=O)NC(=O)[C@](N)(C(=O)CN1C(=O)CN(CC(=O)O)C1=O)C(C)C. The molecule has 17 heteroatoms. The second kappa shape index (κ2) is 15.1. The molecule has 1 aromatic carbocycles. The molecule has 15 nitrogen and oxygen atoms in total. The van der Waals surface area contributed by atoms with Gasteiger partial charge in [-0.25, -0.2) is 4.79 Å². The third kappa shape index (κ3) is 7.90. The van der Waals surface area contributed by atoms with E-state index in [1.54, 1.807) is 30.3 Å². The number of aliphatic carboxylic acids is 1. The van der Waals surface area contributed by atoms with Crippen molar-refractivity contribution in [2.75, 3.05) is 26.2 Å². The van der Waals surface area contributed by atoms with Crippen LogP contribution in [0.5, 0.6) is 0 Å². The monoisotopic (exact) mass is 678 g/mol. The molecule has 0 aliphatic carbocycles. The predicted molar refractivity (Wildman–Crippen MR) is 163 cm³/mol. The number of alkyl halides is 2. The average molecular weight is 679 g/mol. The molecule has 2 heterocycles. The van der Waals surface area contributed by atoms with E-state index >= 15 is 8.78 Å². The summed E-state index contributed by atoms with van der Waals surface area (Å²) in [6.45, 7) is 3.07. The normalized spacial score (nSPS) is 19.0. The fourth-order valence-corrected chi connectivity index (χ4v) is 5.75. The number of Topliss-reactive ketones (excluding diaryl/α,β-unsaturated/α-hetero) is 2. The van der Waals surface area contributed by atoms with Crippen LogP contribution in [0.4, 0.5) is 13.6 Å². The summed E-state index contributed by atoms with van der Waals surface area (Å²) in [5.41, 5.74) is 4.30. The number of carboxylic acid groups (broad SMARTS) is 1. The Labute approximate surface area is 275 Å². The van der Waals surface area contributed by atoms with Crippen LogP contribution in [-0.2, 0) is 40.1 Å². The number of hydrogen-bond donors (Lipinski definition) is 4. The number of carboxylic acids is 1. The Kier molecular flexibility index (Phi) is 11.9. The number of carbonyl (C=O) groups excluding carboxylic acids is 7. The van der Waals surface area contributed by atoms with Gasteiger partial charge in [-0.15, -0.1) is 0 Å². The Balaban J connectivity index is 1.75. The fourth-order valence-electron chi connectivity index (χ4n) is 5.75. The van der Waals surface area contributed by atoms with E-state index < -0.39 is 102 Å². The van der Waals surface area contributed by atoms with E-state index in [1.165, 1.54) is 32.6 Å². The van der Waals surface area contributed by atoms with Crippen LogP contribution in [0, 0.1) is 11.8 Å². The average Bonchev–Trinajstić information content (AvgIpc) is 3.59. The number of nitrogens with two attached hydrogens (primary N) is 1. The summed E-state index contributed by atoms with van der Waals surface area (Å²) >= 11 is 0. The molecule has 0 bridgehead atoms. The number of amides is 6. The number of hydrogen-bond acceptors (Lipinski definition) is 10. The van der Waals surface area contributed by atoms with Gasteiger partial charge < -0.3 is 21.1 Å². The largest absolute Gasteiger partial charge is 0.480 e. The molecule has 0 aromatic heterocycles. The van der Waals surface area contributed by atoms with Crippen LogP contribution < -0.4 is 16.4 Å². The van der Waals surface area contributed by atoms with Crippen molar-refractivity contribution in [3.05, 3.63) is 35.9 Å². The second-order valence-electron chi connectivity index (χ2n) is 12.5. The molecule has 2 saturated heterocycles. The van der Waals surface area contributed by atoms with Gasteiger partial charge >= 0.3 is 17.9 Å². The first kappa shape index (κ1) is 37.8. The van der Waals surface area contributed by atoms with E-state index in [1.807, 2.05) is 5.32 Å². The van der Waals surface area contributed by atoms with Crippen LogP contribution in [0.15, 0.2) is 30.3 Å². The number of likely N-dealkylation sites (tertiary alicyclic amines) is 1. The smallest absolute Gasteiger partial charge is 0.383 e. The van der Waals surface area contributed by atoms with E-state index in [0.717, 1.165) is 0 Å². The maximum Gasteiger partial charge on any atom is 0.383 e. The standard InChI is InChI=1S/C31H40F2N6O9/c1-17(2)24(25(44)31(32,33)28(47)35-13-19-9-6-5-7-10-19)38-12-8-11-20(38)26(45)36-27(46)30(34,18(3)4)21(40)14-39-22(41)15-37(29(39)48)16-23(42)43/h5-7,9-10,17-18,20,24H,8,11-16,34H2,1-4H3,(H,35,47)(H,42,43)(H,36,45,46)/t20-,24-,30+/m0/s1. The summed E-state index contributed by atoms with van der Waals surface area (Å²) < 4.78 is 30.6. The molecule has 2 fully saturated rings.